The van der Waals surface area contributed by atoms with E-state index in [4.69, 9.17) is 5.73 Å². The first-order valence-corrected chi connectivity index (χ1v) is 6.01. The largest absolute Gasteiger partial charge is 0.325 e. The van der Waals surface area contributed by atoms with Gasteiger partial charge in [0, 0.05) is 24.8 Å². The molecular weight excluding hydrogens is 198 g/mol. The van der Waals surface area contributed by atoms with Crippen molar-refractivity contribution >= 4 is 0 Å². The predicted molar refractivity (Wildman–Crippen MR) is 65.9 cm³/mol. The average Bonchev–Trinajstić information content (AvgIpc) is 2.59. The summed E-state index contributed by atoms with van der Waals surface area (Å²) in [6.45, 7) is 7.33. The van der Waals surface area contributed by atoms with E-state index >= 15 is 0 Å². The molecule has 0 amide bonds. The van der Waals surface area contributed by atoms with Gasteiger partial charge in [0.15, 0.2) is 0 Å². The first kappa shape index (κ1) is 11.6. The molecule has 0 aliphatic carbocycles. The van der Waals surface area contributed by atoms with Crippen LogP contribution in [0.2, 0.25) is 0 Å². The van der Waals surface area contributed by atoms with Crippen LogP contribution in [-0.4, -0.2) is 22.0 Å². The highest BCUT2D eigenvalue weighted by atomic mass is 15.2. The van der Waals surface area contributed by atoms with Crippen molar-refractivity contribution in [1.82, 2.24) is 9.88 Å². The molecule has 1 fully saturated rings. The van der Waals surface area contributed by atoms with Gasteiger partial charge in [0.05, 0.1) is 5.69 Å². The van der Waals surface area contributed by atoms with Gasteiger partial charge < -0.3 is 5.73 Å². The fourth-order valence-corrected chi connectivity index (χ4v) is 2.46. The van der Waals surface area contributed by atoms with E-state index in [0.717, 1.165) is 12.2 Å². The van der Waals surface area contributed by atoms with Crippen molar-refractivity contribution in [1.29, 1.82) is 0 Å². The minimum absolute atomic E-state index is 0.321. The lowest BCUT2D eigenvalue weighted by Gasteiger charge is -2.31. The minimum Gasteiger partial charge on any atom is -0.325 e. The summed E-state index contributed by atoms with van der Waals surface area (Å²) in [5.41, 5.74) is 8.34. The van der Waals surface area contributed by atoms with Gasteiger partial charge in [-0.2, -0.15) is 0 Å². The number of nitrogens with two attached hydrogens (primary N) is 1. The second-order valence-electron chi connectivity index (χ2n) is 5.15. The maximum Gasteiger partial charge on any atom is 0.0584 e. The lowest BCUT2D eigenvalue weighted by Crippen LogP contribution is -2.37. The van der Waals surface area contributed by atoms with Crippen LogP contribution in [-0.2, 0) is 13.1 Å². The lowest BCUT2D eigenvalue weighted by molar-refractivity contribution is 0.166. The van der Waals surface area contributed by atoms with Crippen LogP contribution in [0.1, 0.15) is 37.9 Å². The first-order valence-electron chi connectivity index (χ1n) is 6.01. The molecule has 0 saturated carbocycles. The van der Waals surface area contributed by atoms with Crippen LogP contribution in [0.25, 0.3) is 0 Å². The molecule has 0 spiro atoms. The van der Waals surface area contributed by atoms with E-state index in [-0.39, 0.29) is 0 Å². The molecule has 1 aromatic heterocycles. The standard InChI is InChI=1S/C13H21N3/c1-13(2)6-4-8-16(13)10-11-5-3-7-15-12(11)9-14/h3,5,7H,4,6,8-10,14H2,1-2H3. The Balaban J connectivity index is 2.14. The predicted octanol–water partition coefficient (Wildman–Crippen LogP) is 1.91. The molecule has 3 nitrogen and oxygen atoms in total. The second kappa shape index (κ2) is 4.52. The second-order valence-corrected chi connectivity index (χ2v) is 5.15. The molecule has 0 atom stereocenters. The molecule has 2 heterocycles. The zero-order valence-electron chi connectivity index (χ0n) is 10.2. The number of hydrogen-bond acceptors (Lipinski definition) is 3. The summed E-state index contributed by atoms with van der Waals surface area (Å²) in [5.74, 6) is 0. The monoisotopic (exact) mass is 219 g/mol. The third-order valence-electron chi connectivity index (χ3n) is 3.61. The summed E-state index contributed by atoms with van der Waals surface area (Å²) < 4.78 is 0. The van der Waals surface area contributed by atoms with Gasteiger partial charge in [-0.25, -0.2) is 0 Å². The van der Waals surface area contributed by atoms with Crippen molar-refractivity contribution in [3.8, 4) is 0 Å². The maximum atomic E-state index is 5.71. The minimum atomic E-state index is 0.321. The third-order valence-corrected chi connectivity index (χ3v) is 3.61. The van der Waals surface area contributed by atoms with Gasteiger partial charge >= 0.3 is 0 Å². The van der Waals surface area contributed by atoms with Gasteiger partial charge in [-0.05, 0) is 44.9 Å². The molecule has 1 aliphatic rings. The number of likely N-dealkylation sites (tertiary alicyclic amines) is 1. The van der Waals surface area contributed by atoms with Crippen LogP contribution in [0.3, 0.4) is 0 Å². The molecule has 0 bridgehead atoms. The van der Waals surface area contributed by atoms with Gasteiger partial charge in [0.2, 0.25) is 0 Å². The molecule has 1 aromatic rings. The highest BCUT2D eigenvalue weighted by molar-refractivity contribution is 5.20. The van der Waals surface area contributed by atoms with E-state index in [0.29, 0.717) is 12.1 Å². The third kappa shape index (κ3) is 2.25. The molecule has 2 rings (SSSR count). The number of aromatic nitrogens is 1. The summed E-state index contributed by atoms with van der Waals surface area (Å²) in [6, 6.07) is 4.14. The Hall–Kier alpha value is -0.930. The van der Waals surface area contributed by atoms with Crippen molar-refractivity contribution in [2.75, 3.05) is 6.54 Å². The van der Waals surface area contributed by atoms with Crippen molar-refractivity contribution in [2.24, 2.45) is 5.73 Å². The zero-order chi connectivity index (χ0) is 11.6. The van der Waals surface area contributed by atoms with Gasteiger partial charge in [-0.3, -0.25) is 9.88 Å². The van der Waals surface area contributed by atoms with E-state index < -0.39 is 0 Å². The van der Waals surface area contributed by atoms with Crippen LogP contribution in [0.4, 0.5) is 0 Å². The van der Waals surface area contributed by atoms with E-state index in [9.17, 15) is 0 Å². The first-order chi connectivity index (χ1) is 7.63. The van der Waals surface area contributed by atoms with E-state index in [1.54, 1.807) is 0 Å². The van der Waals surface area contributed by atoms with Crippen molar-refractivity contribution < 1.29 is 0 Å². The Bertz CT molecular complexity index is 360. The van der Waals surface area contributed by atoms with Crippen LogP contribution in [0.15, 0.2) is 18.3 Å². The Morgan fingerprint density at radius 3 is 2.94 bits per heavy atom. The molecule has 0 unspecified atom stereocenters. The Morgan fingerprint density at radius 2 is 2.31 bits per heavy atom. The van der Waals surface area contributed by atoms with Crippen LogP contribution >= 0.6 is 0 Å². The highest BCUT2D eigenvalue weighted by Crippen LogP contribution is 2.29. The number of nitrogens with zero attached hydrogens (tertiary/aromatic N) is 2. The Labute approximate surface area is 97.7 Å². The maximum absolute atomic E-state index is 5.71. The molecule has 16 heavy (non-hydrogen) atoms. The van der Waals surface area contributed by atoms with Crippen LogP contribution in [0, 0.1) is 0 Å². The fraction of sp³-hybridized carbons (Fsp3) is 0.615. The van der Waals surface area contributed by atoms with Gasteiger partial charge in [-0.15, -0.1) is 0 Å². The summed E-state index contributed by atoms with van der Waals surface area (Å²) in [7, 11) is 0. The summed E-state index contributed by atoms with van der Waals surface area (Å²) in [5, 5.41) is 0. The van der Waals surface area contributed by atoms with Crippen molar-refractivity contribution in [2.45, 2.75) is 45.3 Å². The topological polar surface area (TPSA) is 42.2 Å². The van der Waals surface area contributed by atoms with Gasteiger partial charge in [0.1, 0.15) is 0 Å². The molecule has 1 saturated heterocycles. The smallest absolute Gasteiger partial charge is 0.0584 e. The molecule has 3 heteroatoms. The number of rotatable bonds is 3. The highest BCUT2D eigenvalue weighted by Gasteiger charge is 2.31. The molecule has 88 valence electrons. The normalized spacial score (nSPS) is 20.2. The number of pyridine rings is 1. The van der Waals surface area contributed by atoms with E-state index in [1.165, 1.54) is 24.9 Å². The number of hydrogen-bond donors (Lipinski definition) is 1. The summed E-state index contributed by atoms with van der Waals surface area (Å²) in [4.78, 5) is 6.87. The van der Waals surface area contributed by atoms with E-state index in [1.807, 2.05) is 12.3 Å². The molecule has 0 aromatic carbocycles. The van der Waals surface area contributed by atoms with Gasteiger partial charge in [0.25, 0.3) is 0 Å². The average molecular weight is 219 g/mol. The molecule has 2 N–H and O–H groups in total. The van der Waals surface area contributed by atoms with Gasteiger partial charge in [-0.1, -0.05) is 6.07 Å². The zero-order valence-corrected chi connectivity index (χ0v) is 10.2. The summed E-state index contributed by atoms with van der Waals surface area (Å²) >= 11 is 0. The summed E-state index contributed by atoms with van der Waals surface area (Å²) in [6.07, 6.45) is 4.40. The molecule has 0 radical (unpaired) electrons. The van der Waals surface area contributed by atoms with Crippen molar-refractivity contribution in [3.63, 3.8) is 0 Å². The van der Waals surface area contributed by atoms with Crippen LogP contribution < -0.4 is 5.73 Å². The molecular formula is C13H21N3. The molecule has 1 aliphatic heterocycles. The van der Waals surface area contributed by atoms with Crippen molar-refractivity contribution in [3.05, 3.63) is 29.6 Å². The SMILES string of the molecule is CC1(C)CCCN1Cc1cccnc1CN. The van der Waals surface area contributed by atoms with E-state index in [2.05, 4.69) is 29.8 Å². The Kier molecular flexibility index (Phi) is 3.26. The fourth-order valence-electron chi connectivity index (χ4n) is 2.46. The Morgan fingerprint density at radius 1 is 1.50 bits per heavy atom. The lowest BCUT2D eigenvalue weighted by atomic mass is 10.0. The quantitative estimate of drug-likeness (QED) is 0.844. The van der Waals surface area contributed by atoms with Crippen LogP contribution in [0.5, 0.6) is 0 Å².